The number of carbonyl (C=O) groups is 3. The average molecular weight is 473 g/mol. The van der Waals surface area contributed by atoms with Crippen molar-refractivity contribution in [3.63, 3.8) is 0 Å². The summed E-state index contributed by atoms with van der Waals surface area (Å²) in [6.45, 7) is 13.0. The Balaban J connectivity index is 2.74. The fourth-order valence-corrected chi connectivity index (χ4v) is 3.32. The normalized spacial score (nSPS) is 13.8. The predicted molar refractivity (Wildman–Crippen MR) is 134 cm³/mol. The molecule has 1 aromatic rings. The van der Waals surface area contributed by atoms with Crippen LogP contribution in [0.3, 0.4) is 0 Å². The molecule has 2 amide bonds. The second kappa shape index (κ2) is 15.1. The van der Waals surface area contributed by atoms with Crippen molar-refractivity contribution < 1.29 is 24.2 Å². The molecule has 3 atom stereocenters. The van der Waals surface area contributed by atoms with E-state index in [4.69, 9.17) is 4.74 Å². The van der Waals surface area contributed by atoms with Gasteiger partial charge in [0.1, 0.15) is 6.61 Å². The van der Waals surface area contributed by atoms with Crippen LogP contribution in [0.1, 0.15) is 52.0 Å². The molecule has 0 saturated heterocycles. The third kappa shape index (κ3) is 11.3. The number of amides is 2. The molecule has 3 N–H and O–H groups in total. The topological polar surface area (TPSA) is 105 Å². The van der Waals surface area contributed by atoms with E-state index in [1.165, 1.54) is 0 Å². The molecule has 0 radical (unpaired) electrons. The van der Waals surface area contributed by atoms with E-state index < -0.39 is 18.0 Å². The van der Waals surface area contributed by atoms with Crippen LogP contribution in [0, 0.1) is 11.3 Å². The third-order valence-corrected chi connectivity index (χ3v) is 5.49. The molecule has 7 nitrogen and oxygen atoms in total. The fraction of sp³-hybridized carbons (Fsp3) is 0.519. The van der Waals surface area contributed by atoms with Gasteiger partial charge in [-0.3, -0.25) is 14.4 Å². The van der Waals surface area contributed by atoms with Crippen molar-refractivity contribution >= 4 is 17.8 Å². The van der Waals surface area contributed by atoms with Crippen molar-refractivity contribution in [2.45, 2.75) is 65.0 Å². The van der Waals surface area contributed by atoms with Crippen LogP contribution in [0.15, 0.2) is 55.6 Å². The number of hydrogen-bond donors (Lipinski definition) is 3. The Kier molecular flexibility index (Phi) is 12.9. The van der Waals surface area contributed by atoms with Gasteiger partial charge in [-0.05, 0) is 30.2 Å². The van der Waals surface area contributed by atoms with E-state index in [1.54, 1.807) is 12.2 Å². The maximum Gasteiger partial charge on any atom is 0.306 e. The van der Waals surface area contributed by atoms with Gasteiger partial charge < -0.3 is 20.5 Å². The Hall–Kier alpha value is -2.93. The van der Waals surface area contributed by atoms with E-state index >= 15 is 0 Å². The molecular formula is C27H40N2O5. The van der Waals surface area contributed by atoms with E-state index in [0.29, 0.717) is 19.3 Å². The Bertz CT molecular complexity index is 801. The lowest BCUT2D eigenvalue weighted by Crippen LogP contribution is -2.50. The van der Waals surface area contributed by atoms with Gasteiger partial charge in [0.05, 0.1) is 24.6 Å². The fourth-order valence-electron chi connectivity index (χ4n) is 3.32. The van der Waals surface area contributed by atoms with Crippen molar-refractivity contribution in [1.82, 2.24) is 10.6 Å². The van der Waals surface area contributed by atoms with Gasteiger partial charge in [0.2, 0.25) is 11.8 Å². The summed E-state index contributed by atoms with van der Waals surface area (Å²) in [7, 11) is 0. The van der Waals surface area contributed by atoms with Crippen LogP contribution in [-0.4, -0.2) is 48.2 Å². The second-order valence-corrected chi connectivity index (χ2v) is 9.50. The van der Waals surface area contributed by atoms with Gasteiger partial charge in [-0.2, -0.15) is 0 Å². The number of nitrogens with one attached hydrogen (secondary N) is 2. The van der Waals surface area contributed by atoms with E-state index in [0.717, 1.165) is 5.56 Å². The first-order chi connectivity index (χ1) is 16.1. The first-order valence-corrected chi connectivity index (χ1v) is 11.7. The van der Waals surface area contributed by atoms with Crippen LogP contribution in [0.2, 0.25) is 0 Å². The smallest absolute Gasteiger partial charge is 0.306 e. The molecule has 0 fully saturated rings. The van der Waals surface area contributed by atoms with Crippen molar-refractivity contribution in [3.05, 3.63) is 61.2 Å². The zero-order valence-corrected chi connectivity index (χ0v) is 20.7. The van der Waals surface area contributed by atoms with Gasteiger partial charge in [-0.25, -0.2) is 0 Å². The van der Waals surface area contributed by atoms with Gasteiger partial charge in [0, 0.05) is 12.8 Å². The summed E-state index contributed by atoms with van der Waals surface area (Å²) < 4.78 is 5.35. The Morgan fingerprint density at radius 1 is 1.09 bits per heavy atom. The number of rotatable bonds is 15. The molecule has 0 aliphatic rings. The van der Waals surface area contributed by atoms with E-state index in [1.807, 2.05) is 51.1 Å². The summed E-state index contributed by atoms with van der Waals surface area (Å²) in [6.07, 6.45) is 4.79. The number of allylic oxidation sites excluding steroid dienone is 2. The zero-order chi connectivity index (χ0) is 25.6. The van der Waals surface area contributed by atoms with Crippen molar-refractivity contribution in [3.8, 4) is 0 Å². The number of carbonyl (C=O) groups excluding carboxylic acids is 3. The molecule has 0 unspecified atom stereocenters. The largest absolute Gasteiger partial charge is 0.463 e. The minimum atomic E-state index is -0.630. The van der Waals surface area contributed by atoms with Crippen molar-refractivity contribution in [2.75, 3.05) is 13.2 Å². The highest BCUT2D eigenvalue weighted by Gasteiger charge is 2.31. The van der Waals surface area contributed by atoms with Crippen LogP contribution in [-0.2, 0) is 25.5 Å². The van der Waals surface area contributed by atoms with E-state index in [-0.39, 0.29) is 49.3 Å². The first kappa shape index (κ1) is 29.1. The molecule has 34 heavy (non-hydrogen) atoms. The maximum atomic E-state index is 13.0. The summed E-state index contributed by atoms with van der Waals surface area (Å²) in [5, 5.41) is 15.5. The summed E-state index contributed by atoms with van der Waals surface area (Å²) in [5.41, 5.74) is 0.630. The van der Waals surface area contributed by atoms with Crippen LogP contribution in [0.4, 0.5) is 0 Å². The first-order valence-electron chi connectivity index (χ1n) is 11.7. The number of benzene rings is 1. The minimum absolute atomic E-state index is 0.0425. The van der Waals surface area contributed by atoms with Gasteiger partial charge in [0.25, 0.3) is 0 Å². The Labute approximate surface area is 203 Å². The summed E-state index contributed by atoms with van der Waals surface area (Å²) in [6, 6.07) is 8.70. The third-order valence-electron chi connectivity index (χ3n) is 5.49. The van der Waals surface area contributed by atoms with E-state index in [2.05, 4.69) is 23.8 Å². The Morgan fingerprint density at radius 3 is 2.32 bits per heavy atom. The lowest BCUT2D eigenvalue weighted by atomic mass is 9.86. The number of aliphatic hydroxyl groups excluding tert-OH is 1. The summed E-state index contributed by atoms with van der Waals surface area (Å²) in [5.74, 6) is -1.60. The molecule has 0 saturated carbocycles. The van der Waals surface area contributed by atoms with Crippen LogP contribution in [0.25, 0.3) is 0 Å². The standard InChI is InChI=1S/C27H40N2O5/c1-6-8-15-25(32)34-19-23(27(3,4)5)29-26(33)21(12-7-2)17-24(31)28-22(18-30)16-20-13-10-9-11-14-20/h6-7,9-11,13-14,21-23,30H,1-2,8,12,15-19H2,3-5H3,(H,28,31)(H,29,33)/t21-,22-,23-/m1/s1. The number of aliphatic hydroxyl groups is 1. The van der Waals surface area contributed by atoms with Gasteiger partial charge in [-0.1, -0.05) is 63.3 Å². The number of hydrogen-bond acceptors (Lipinski definition) is 5. The lowest BCUT2D eigenvalue weighted by molar-refractivity contribution is -0.146. The molecule has 7 heteroatoms. The Morgan fingerprint density at radius 2 is 1.76 bits per heavy atom. The van der Waals surface area contributed by atoms with Crippen molar-refractivity contribution in [2.24, 2.45) is 11.3 Å². The highest BCUT2D eigenvalue weighted by Crippen LogP contribution is 2.21. The number of esters is 1. The van der Waals surface area contributed by atoms with Gasteiger partial charge in [0.15, 0.2) is 0 Å². The van der Waals surface area contributed by atoms with Gasteiger partial charge >= 0.3 is 5.97 Å². The SMILES string of the molecule is C=CCCC(=O)OC[C@@H](NC(=O)[C@H](CC=C)CC(=O)N[C@@H](CO)Cc1ccccc1)C(C)(C)C. The minimum Gasteiger partial charge on any atom is -0.463 e. The molecular weight excluding hydrogens is 432 g/mol. The molecule has 1 rings (SSSR count). The molecule has 0 aliphatic heterocycles. The summed E-state index contributed by atoms with van der Waals surface area (Å²) in [4.78, 5) is 37.6. The van der Waals surface area contributed by atoms with Crippen LogP contribution >= 0.6 is 0 Å². The molecule has 0 spiro atoms. The molecule has 0 aromatic heterocycles. The zero-order valence-electron chi connectivity index (χ0n) is 20.7. The lowest BCUT2D eigenvalue weighted by Gasteiger charge is -2.32. The number of ether oxygens (including phenoxy) is 1. The predicted octanol–water partition coefficient (Wildman–Crippen LogP) is 3.33. The molecule has 0 bridgehead atoms. The maximum absolute atomic E-state index is 13.0. The second-order valence-electron chi connectivity index (χ2n) is 9.50. The quantitative estimate of drug-likeness (QED) is 0.268. The monoisotopic (exact) mass is 472 g/mol. The van der Waals surface area contributed by atoms with E-state index in [9.17, 15) is 19.5 Å². The summed E-state index contributed by atoms with van der Waals surface area (Å²) >= 11 is 0. The van der Waals surface area contributed by atoms with Gasteiger partial charge in [-0.15, -0.1) is 13.2 Å². The average Bonchev–Trinajstić information content (AvgIpc) is 2.79. The van der Waals surface area contributed by atoms with Crippen LogP contribution < -0.4 is 10.6 Å². The molecule has 1 aromatic carbocycles. The van der Waals surface area contributed by atoms with Crippen LogP contribution in [0.5, 0.6) is 0 Å². The molecule has 188 valence electrons. The molecule has 0 heterocycles. The molecule has 0 aliphatic carbocycles. The highest BCUT2D eigenvalue weighted by molar-refractivity contribution is 5.86. The highest BCUT2D eigenvalue weighted by atomic mass is 16.5. The van der Waals surface area contributed by atoms with Crippen molar-refractivity contribution in [1.29, 1.82) is 0 Å².